The van der Waals surface area contributed by atoms with E-state index < -0.39 is 0 Å². The van der Waals surface area contributed by atoms with Crippen molar-refractivity contribution in [3.05, 3.63) is 0 Å². The molecule has 0 heterocycles. The highest BCUT2D eigenvalue weighted by atomic mass is 14.5. The monoisotopic (exact) mass is 152 g/mol. The molecule has 2 rings (SSSR count). The largest absolute Gasteiger partial charge is 0.0620 e. The van der Waals surface area contributed by atoms with Crippen LogP contribution >= 0.6 is 0 Å². The average molecular weight is 152 g/mol. The lowest BCUT2D eigenvalue weighted by Gasteiger charge is -2.16. The molecule has 4 unspecified atom stereocenters. The van der Waals surface area contributed by atoms with Crippen molar-refractivity contribution >= 4 is 0 Å². The molecule has 4 atom stereocenters. The van der Waals surface area contributed by atoms with Gasteiger partial charge in [0.15, 0.2) is 0 Å². The molecular weight excluding hydrogens is 132 g/mol. The fraction of sp³-hybridized carbons (Fsp3) is 1.00. The summed E-state index contributed by atoms with van der Waals surface area (Å²) in [5, 5.41) is 0. The van der Waals surface area contributed by atoms with E-state index in [-0.39, 0.29) is 0 Å². The van der Waals surface area contributed by atoms with E-state index in [4.69, 9.17) is 0 Å². The van der Waals surface area contributed by atoms with Gasteiger partial charge in [-0.15, -0.1) is 0 Å². The minimum absolute atomic E-state index is 0.991. The Hall–Kier alpha value is 0. The SMILES string of the molecule is CC1C(C)C2CCCC2C1C. The van der Waals surface area contributed by atoms with E-state index in [1.54, 1.807) is 0 Å². The quantitative estimate of drug-likeness (QED) is 0.499. The van der Waals surface area contributed by atoms with Crippen LogP contribution in [0, 0.1) is 29.6 Å². The molecule has 0 nitrogen and oxygen atoms in total. The van der Waals surface area contributed by atoms with Crippen LogP contribution in [0.5, 0.6) is 0 Å². The maximum atomic E-state index is 2.47. The zero-order valence-corrected chi connectivity index (χ0v) is 8.01. The molecule has 2 aliphatic rings. The number of hydrogen-bond acceptors (Lipinski definition) is 0. The highest BCUT2D eigenvalue weighted by Gasteiger charge is 2.45. The fourth-order valence-electron chi connectivity index (χ4n) is 3.58. The summed E-state index contributed by atoms with van der Waals surface area (Å²) in [4.78, 5) is 0. The van der Waals surface area contributed by atoms with Crippen molar-refractivity contribution in [2.24, 2.45) is 29.6 Å². The van der Waals surface area contributed by atoms with Crippen LogP contribution in [0.3, 0.4) is 0 Å². The van der Waals surface area contributed by atoms with Gasteiger partial charge in [-0.2, -0.15) is 0 Å². The van der Waals surface area contributed by atoms with Crippen molar-refractivity contribution in [1.82, 2.24) is 0 Å². The lowest BCUT2D eigenvalue weighted by Crippen LogP contribution is -2.09. The molecule has 2 fully saturated rings. The Balaban J connectivity index is 2.17. The average Bonchev–Trinajstić information content (AvgIpc) is 2.53. The van der Waals surface area contributed by atoms with Crippen LogP contribution < -0.4 is 0 Å². The van der Waals surface area contributed by atoms with Crippen LogP contribution in [0.1, 0.15) is 40.0 Å². The molecule has 0 aliphatic heterocycles. The van der Waals surface area contributed by atoms with Gasteiger partial charge in [-0.1, -0.05) is 27.2 Å². The zero-order valence-electron chi connectivity index (χ0n) is 8.01. The maximum absolute atomic E-state index is 2.47. The third-order valence-corrected chi connectivity index (χ3v) is 4.63. The van der Waals surface area contributed by atoms with Gasteiger partial charge >= 0.3 is 0 Å². The predicted octanol–water partition coefficient (Wildman–Crippen LogP) is 3.32. The van der Waals surface area contributed by atoms with Crippen LogP contribution in [0.15, 0.2) is 0 Å². The van der Waals surface area contributed by atoms with Gasteiger partial charge in [0.25, 0.3) is 0 Å². The molecule has 0 bridgehead atoms. The number of hydrogen-bond donors (Lipinski definition) is 0. The highest BCUT2D eigenvalue weighted by Crippen LogP contribution is 2.53. The van der Waals surface area contributed by atoms with Crippen LogP contribution in [0.2, 0.25) is 0 Å². The molecule has 0 heteroatoms. The van der Waals surface area contributed by atoms with Gasteiger partial charge in [-0.25, -0.2) is 0 Å². The van der Waals surface area contributed by atoms with Gasteiger partial charge in [0.05, 0.1) is 0 Å². The van der Waals surface area contributed by atoms with E-state index in [2.05, 4.69) is 20.8 Å². The summed E-state index contributed by atoms with van der Waals surface area (Å²) >= 11 is 0. The molecule has 11 heavy (non-hydrogen) atoms. The minimum atomic E-state index is 0.991. The topological polar surface area (TPSA) is 0 Å². The summed E-state index contributed by atoms with van der Waals surface area (Å²) in [6, 6.07) is 0. The lowest BCUT2D eigenvalue weighted by atomic mass is 9.89. The number of fused-ring (bicyclic) bond motifs is 1. The summed E-state index contributed by atoms with van der Waals surface area (Å²) in [6.45, 7) is 7.39. The molecule has 0 aromatic carbocycles. The summed E-state index contributed by atoms with van der Waals surface area (Å²) < 4.78 is 0. The Bertz CT molecular complexity index is 134. The van der Waals surface area contributed by atoms with Crippen molar-refractivity contribution in [3.63, 3.8) is 0 Å². The van der Waals surface area contributed by atoms with Gasteiger partial charge in [-0.05, 0) is 42.4 Å². The van der Waals surface area contributed by atoms with Crippen LogP contribution in [-0.2, 0) is 0 Å². The summed E-state index contributed by atoms with van der Waals surface area (Å²) in [5.41, 5.74) is 0. The molecule has 64 valence electrons. The second-order valence-electron chi connectivity index (χ2n) is 4.84. The van der Waals surface area contributed by atoms with Gasteiger partial charge in [0, 0.05) is 0 Å². The first-order chi connectivity index (χ1) is 5.22. The van der Waals surface area contributed by atoms with E-state index in [1.807, 2.05) is 0 Å². The highest BCUT2D eigenvalue weighted by molar-refractivity contribution is 4.94. The molecule has 0 N–H and O–H groups in total. The van der Waals surface area contributed by atoms with E-state index in [1.165, 1.54) is 19.3 Å². The smallest absolute Gasteiger partial charge is 0.0355 e. The van der Waals surface area contributed by atoms with Crippen LogP contribution in [0.25, 0.3) is 0 Å². The Morgan fingerprint density at radius 2 is 1.18 bits per heavy atom. The van der Waals surface area contributed by atoms with Gasteiger partial charge in [0.2, 0.25) is 0 Å². The molecule has 2 aliphatic carbocycles. The Labute approximate surface area is 70.4 Å². The molecule has 0 aromatic heterocycles. The molecule has 0 radical (unpaired) electrons. The van der Waals surface area contributed by atoms with Crippen LogP contribution in [-0.4, -0.2) is 0 Å². The molecule has 0 amide bonds. The predicted molar refractivity (Wildman–Crippen MR) is 48.3 cm³/mol. The summed E-state index contributed by atoms with van der Waals surface area (Å²) in [6.07, 6.45) is 4.57. The normalized spacial score (nSPS) is 56.5. The fourth-order valence-corrected chi connectivity index (χ4v) is 3.58. The first kappa shape index (κ1) is 7.64. The second-order valence-corrected chi connectivity index (χ2v) is 4.84. The minimum Gasteiger partial charge on any atom is -0.0620 e. The van der Waals surface area contributed by atoms with E-state index in [0.29, 0.717) is 0 Å². The maximum Gasteiger partial charge on any atom is -0.0355 e. The van der Waals surface area contributed by atoms with E-state index in [9.17, 15) is 0 Å². The van der Waals surface area contributed by atoms with Gasteiger partial charge < -0.3 is 0 Å². The first-order valence-corrected chi connectivity index (χ1v) is 5.22. The van der Waals surface area contributed by atoms with Crippen molar-refractivity contribution < 1.29 is 0 Å². The Morgan fingerprint density at radius 1 is 0.727 bits per heavy atom. The second kappa shape index (κ2) is 2.50. The molecule has 0 spiro atoms. The third-order valence-electron chi connectivity index (χ3n) is 4.63. The lowest BCUT2D eigenvalue weighted by molar-refractivity contribution is 0.328. The zero-order chi connectivity index (χ0) is 8.01. The van der Waals surface area contributed by atoms with Gasteiger partial charge in [0.1, 0.15) is 0 Å². The molecule has 2 saturated carbocycles. The van der Waals surface area contributed by atoms with Crippen molar-refractivity contribution in [2.45, 2.75) is 40.0 Å². The molecule has 0 saturated heterocycles. The van der Waals surface area contributed by atoms with Crippen molar-refractivity contribution in [2.75, 3.05) is 0 Å². The van der Waals surface area contributed by atoms with Crippen molar-refractivity contribution in [1.29, 1.82) is 0 Å². The molecule has 0 aromatic rings. The van der Waals surface area contributed by atoms with Crippen molar-refractivity contribution in [3.8, 4) is 0 Å². The standard InChI is InChI=1S/C11H20/c1-7-8(2)10-5-4-6-11(10)9(7)3/h7-11H,4-6H2,1-3H3. The molecular formula is C11H20. The third kappa shape index (κ3) is 0.947. The Kier molecular flexibility index (Phi) is 1.74. The summed E-state index contributed by atoms with van der Waals surface area (Å²) in [7, 11) is 0. The van der Waals surface area contributed by atoms with Gasteiger partial charge in [-0.3, -0.25) is 0 Å². The van der Waals surface area contributed by atoms with E-state index in [0.717, 1.165) is 29.6 Å². The van der Waals surface area contributed by atoms with Crippen LogP contribution in [0.4, 0.5) is 0 Å². The number of rotatable bonds is 0. The summed E-state index contributed by atoms with van der Waals surface area (Å²) in [5.74, 6) is 5.21. The Morgan fingerprint density at radius 3 is 1.64 bits per heavy atom. The van der Waals surface area contributed by atoms with E-state index >= 15 is 0 Å². The first-order valence-electron chi connectivity index (χ1n) is 5.22.